The Balaban J connectivity index is -0.000000107. The summed E-state index contributed by atoms with van der Waals surface area (Å²) < 4.78 is 1.46. The van der Waals surface area contributed by atoms with Crippen LogP contribution in [0.3, 0.4) is 0 Å². The first-order chi connectivity index (χ1) is 4.41. The Kier molecular flexibility index (Phi) is 44.9. The SMILES string of the molecule is CCCCCCC[CH2][Sn].Cl.Cl.Cl. The molecule has 12 heavy (non-hydrogen) atoms. The first-order valence-corrected chi connectivity index (χ1v) is 6.08. The van der Waals surface area contributed by atoms with Gasteiger partial charge in [-0.1, -0.05) is 0 Å². The van der Waals surface area contributed by atoms with E-state index in [-0.39, 0.29) is 37.2 Å². The van der Waals surface area contributed by atoms with Crippen LogP contribution in [0.5, 0.6) is 0 Å². The van der Waals surface area contributed by atoms with Gasteiger partial charge in [0.2, 0.25) is 0 Å². The number of hydrogen-bond acceptors (Lipinski definition) is 0. The maximum Gasteiger partial charge on any atom is -0.147 e. The van der Waals surface area contributed by atoms with Crippen molar-refractivity contribution in [3.8, 4) is 0 Å². The van der Waals surface area contributed by atoms with Gasteiger partial charge in [-0.25, -0.2) is 0 Å². The van der Waals surface area contributed by atoms with Crippen molar-refractivity contribution in [2.24, 2.45) is 0 Å². The molecule has 0 N–H and O–H groups in total. The minimum atomic E-state index is 0. The fraction of sp³-hybridized carbons (Fsp3) is 1.00. The molecule has 0 nitrogen and oxygen atoms in total. The molecule has 0 aromatic heterocycles. The molecule has 0 aliphatic rings. The molecule has 0 saturated carbocycles. The van der Waals surface area contributed by atoms with Crippen molar-refractivity contribution < 1.29 is 0 Å². The number of hydrogen-bond donors (Lipinski definition) is 0. The van der Waals surface area contributed by atoms with E-state index in [4.69, 9.17) is 0 Å². The molecule has 3 radical (unpaired) electrons. The van der Waals surface area contributed by atoms with Crippen LogP contribution < -0.4 is 0 Å². The van der Waals surface area contributed by atoms with Gasteiger partial charge in [-0.3, -0.25) is 0 Å². The zero-order valence-electron chi connectivity index (χ0n) is 7.67. The van der Waals surface area contributed by atoms with Crippen molar-refractivity contribution in [1.29, 1.82) is 0 Å². The topological polar surface area (TPSA) is 0 Å². The average molecular weight is 341 g/mol. The zero-order chi connectivity index (χ0) is 6.95. The van der Waals surface area contributed by atoms with E-state index < -0.39 is 0 Å². The van der Waals surface area contributed by atoms with E-state index >= 15 is 0 Å². The van der Waals surface area contributed by atoms with Crippen molar-refractivity contribution in [3.63, 3.8) is 0 Å². The minimum absolute atomic E-state index is 0. The largest absolute Gasteiger partial charge is 0.147 e. The fourth-order valence-corrected chi connectivity index (χ4v) is 1.62. The predicted octanol–water partition coefficient (Wildman–Crippen LogP) is 4.20. The van der Waals surface area contributed by atoms with E-state index in [0.717, 1.165) is 0 Å². The smallest absolute Gasteiger partial charge is 0.147 e. The molecule has 0 rings (SSSR count). The van der Waals surface area contributed by atoms with Gasteiger partial charge in [-0.2, -0.15) is 0 Å². The van der Waals surface area contributed by atoms with Gasteiger partial charge in [0.25, 0.3) is 0 Å². The van der Waals surface area contributed by atoms with E-state index in [1.54, 1.807) is 22.5 Å². The second-order valence-corrected chi connectivity index (χ2v) is 3.94. The molecule has 0 heterocycles. The summed E-state index contributed by atoms with van der Waals surface area (Å²) in [5, 5.41) is 0. The molecule has 0 fully saturated rings. The van der Waals surface area contributed by atoms with Gasteiger partial charge < -0.3 is 0 Å². The first-order valence-electron chi connectivity index (χ1n) is 4.06. The van der Waals surface area contributed by atoms with Crippen molar-refractivity contribution in [3.05, 3.63) is 0 Å². The quantitative estimate of drug-likeness (QED) is 0.502. The molecule has 0 atom stereocenters. The van der Waals surface area contributed by atoms with Gasteiger partial charge in [-0.15, -0.1) is 37.2 Å². The zero-order valence-corrected chi connectivity index (χ0v) is 13.0. The summed E-state index contributed by atoms with van der Waals surface area (Å²) in [4.78, 5) is 0. The first kappa shape index (κ1) is 23.5. The summed E-state index contributed by atoms with van der Waals surface area (Å²) in [5.41, 5.74) is 0. The van der Waals surface area contributed by atoms with Gasteiger partial charge in [0.05, 0.1) is 0 Å². The molecular weight excluding hydrogens is 321 g/mol. The predicted molar refractivity (Wildman–Crippen MR) is 65.7 cm³/mol. The van der Waals surface area contributed by atoms with Gasteiger partial charge in [-0.05, 0) is 0 Å². The normalized spacial score (nSPS) is 7.50. The second kappa shape index (κ2) is 23.0. The third-order valence-electron chi connectivity index (χ3n) is 1.53. The van der Waals surface area contributed by atoms with Crippen LogP contribution in [0.1, 0.15) is 45.4 Å². The third kappa shape index (κ3) is 22.6. The number of halogens is 3. The monoisotopic (exact) mass is 341 g/mol. The Morgan fingerprint density at radius 1 is 0.750 bits per heavy atom. The molecule has 0 amide bonds. The van der Waals surface area contributed by atoms with E-state index in [0.29, 0.717) is 0 Å². The van der Waals surface area contributed by atoms with Crippen LogP contribution in [-0.4, -0.2) is 22.5 Å². The van der Waals surface area contributed by atoms with Crippen LogP contribution in [-0.2, 0) is 0 Å². The van der Waals surface area contributed by atoms with Gasteiger partial charge >= 0.3 is 72.4 Å². The molecule has 0 unspecified atom stereocenters. The number of unbranched alkanes of at least 4 members (excludes halogenated alkanes) is 5. The maximum atomic E-state index is 2.27. The van der Waals surface area contributed by atoms with Gasteiger partial charge in [0, 0.05) is 0 Å². The Morgan fingerprint density at radius 3 is 1.58 bits per heavy atom. The molecule has 4 heteroatoms. The molecule has 0 aliphatic heterocycles. The standard InChI is InChI=1S/C8H17.3ClH.Sn/c1-3-5-7-8-6-4-2;;;;/h1,3-8H2,2H3;3*1H;. The molecule has 0 aromatic carbocycles. The maximum absolute atomic E-state index is 2.27. The van der Waals surface area contributed by atoms with E-state index in [1.807, 2.05) is 0 Å². The molecule has 0 saturated heterocycles. The van der Waals surface area contributed by atoms with Gasteiger partial charge in [0.15, 0.2) is 0 Å². The molecular formula is C8H20Cl3Sn. The van der Waals surface area contributed by atoms with Crippen molar-refractivity contribution >= 4 is 59.7 Å². The molecule has 0 aromatic rings. The summed E-state index contributed by atoms with van der Waals surface area (Å²) >= 11 is 1.71. The minimum Gasteiger partial charge on any atom is -0.147 e. The molecule has 0 bridgehead atoms. The molecule has 0 spiro atoms. The Hall–Kier alpha value is 1.67. The van der Waals surface area contributed by atoms with Crippen molar-refractivity contribution in [2.75, 3.05) is 0 Å². The van der Waals surface area contributed by atoms with Crippen molar-refractivity contribution in [2.45, 2.75) is 49.9 Å². The summed E-state index contributed by atoms with van der Waals surface area (Å²) in [6.07, 6.45) is 8.71. The van der Waals surface area contributed by atoms with Crippen LogP contribution in [0.2, 0.25) is 4.44 Å². The Labute approximate surface area is 109 Å². The summed E-state index contributed by atoms with van der Waals surface area (Å²) in [6.45, 7) is 2.27. The summed E-state index contributed by atoms with van der Waals surface area (Å²) in [5.74, 6) is 0. The third-order valence-corrected chi connectivity index (χ3v) is 2.54. The van der Waals surface area contributed by atoms with Crippen LogP contribution in [0.15, 0.2) is 0 Å². The Morgan fingerprint density at radius 2 is 1.17 bits per heavy atom. The molecule has 0 aliphatic carbocycles. The van der Waals surface area contributed by atoms with Gasteiger partial charge in [0.1, 0.15) is 0 Å². The average Bonchev–Trinajstić information content (AvgIpc) is 1.89. The second-order valence-electron chi connectivity index (χ2n) is 2.52. The van der Waals surface area contributed by atoms with Crippen LogP contribution >= 0.6 is 37.2 Å². The fourth-order valence-electron chi connectivity index (χ4n) is 0.905. The van der Waals surface area contributed by atoms with Crippen molar-refractivity contribution in [1.82, 2.24) is 0 Å². The van der Waals surface area contributed by atoms with Crippen LogP contribution in [0.25, 0.3) is 0 Å². The van der Waals surface area contributed by atoms with Crippen LogP contribution in [0, 0.1) is 0 Å². The summed E-state index contributed by atoms with van der Waals surface area (Å²) in [6, 6.07) is 0. The van der Waals surface area contributed by atoms with E-state index in [2.05, 4.69) is 6.92 Å². The summed E-state index contributed by atoms with van der Waals surface area (Å²) in [7, 11) is 0. The van der Waals surface area contributed by atoms with E-state index in [9.17, 15) is 0 Å². The Bertz CT molecular complexity index is 47.6. The molecule has 77 valence electrons. The number of rotatable bonds is 6. The van der Waals surface area contributed by atoms with E-state index in [1.165, 1.54) is 43.0 Å². The van der Waals surface area contributed by atoms with Crippen LogP contribution in [0.4, 0.5) is 0 Å².